The van der Waals surface area contributed by atoms with Crippen molar-refractivity contribution in [3.8, 4) is 0 Å². The molecule has 1 aromatic heterocycles. The summed E-state index contributed by atoms with van der Waals surface area (Å²) in [5.74, 6) is 0.138. The molecule has 2 heterocycles. The highest BCUT2D eigenvalue weighted by molar-refractivity contribution is 6.30. The number of piperazine rings is 1. The van der Waals surface area contributed by atoms with E-state index in [-0.39, 0.29) is 11.8 Å². The van der Waals surface area contributed by atoms with Gasteiger partial charge in [-0.2, -0.15) is 0 Å². The molecule has 0 atom stereocenters. The van der Waals surface area contributed by atoms with Crippen LogP contribution >= 0.6 is 11.6 Å². The first kappa shape index (κ1) is 19.5. The number of nitrogens with one attached hydrogen (secondary N) is 1. The van der Waals surface area contributed by atoms with E-state index in [2.05, 4.69) is 17.1 Å². The van der Waals surface area contributed by atoms with E-state index in [9.17, 15) is 9.59 Å². The van der Waals surface area contributed by atoms with E-state index in [1.165, 1.54) is 10.9 Å². The van der Waals surface area contributed by atoms with Gasteiger partial charge in [0.05, 0.1) is 0 Å². The average molecular weight is 410 g/mol. The van der Waals surface area contributed by atoms with E-state index in [1.807, 2.05) is 23.2 Å². The second-order valence-corrected chi connectivity index (χ2v) is 7.83. The van der Waals surface area contributed by atoms with Crippen LogP contribution in [0.2, 0.25) is 5.02 Å². The van der Waals surface area contributed by atoms with Crippen molar-refractivity contribution in [2.24, 2.45) is 0 Å². The number of para-hydroxylation sites is 1. The van der Waals surface area contributed by atoms with Gasteiger partial charge in [0.15, 0.2) is 0 Å². The molecule has 1 saturated heterocycles. The lowest BCUT2D eigenvalue weighted by Gasteiger charge is -2.35. The van der Waals surface area contributed by atoms with Crippen LogP contribution < -0.4 is 0 Å². The van der Waals surface area contributed by atoms with E-state index in [4.69, 9.17) is 11.6 Å². The van der Waals surface area contributed by atoms with Gasteiger partial charge >= 0.3 is 0 Å². The number of carbonyl (C=O) groups excluding carboxylic acids is 2. The van der Waals surface area contributed by atoms with Crippen LogP contribution in [0.1, 0.15) is 28.8 Å². The fourth-order valence-electron chi connectivity index (χ4n) is 3.89. The van der Waals surface area contributed by atoms with E-state index in [0.717, 1.165) is 18.4 Å². The summed E-state index contributed by atoms with van der Waals surface area (Å²) in [6, 6.07) is 15.2. The Balaban J connectivity index is 1.25. The largest absolute Gasteiger partial charge is 0.361 e. The maximum atomic E-state index is 12.6. The third-order valence-corrected chi connectivity index (χ3v) is 5.74. The fourth-order valence-corrected chi connectivity index (χ4v) is 4.08. The first-order valence-electron chi connectivity index (χ1n) is 9.99. The summed E-state index contributed by atoms with van der Waals surface area (Å²) in [5, 5.41) is 1.79. The molecule has 1 aliphatic heterocycles. The molecule has 1 aliphatic rings. The number of halogens is 1. The summed E-state index contributed by atoms with van der Waals surface area (Å²) in [6.45, 7) is 2.27. The number of hydrogen-bond donors (Lipinski definition) is 1. The third-order valence-electron chi connectivity index (χ3n) is 5.50. The van der Waals surface area contributed by atoms with Crippen molar-refractivity contribution in [2.45, 2.75) is 19.3 Å². The van der Waals surface area contributed by atoms with Crippen LogP contribution in [0, 0.1) is 0 Å². The number of nitrogens with zero attached hydrogens (tertiary/aromatic N) is 2. The van der Waals surface area contributed by atoms with Crippen molar-refractivity contribution >= 4 is 34.3 Å². The van der Waals surface area contributed by atoms with Crippen molar-refractivity contribution in [2.75, 3.05) is 26.2 Å². The zero-order chi connectivity index (χ0) is 20.2. The van der Waals surface area contributed by atoms with Gasteiger partial charge in [0.25, 0.3) is 5.91 Å². The molecule has 0 spiro atoms. The van der Waals surface area contributed by atoms with Crippen molar-refractivity contribution in [3.63, 3.8) is 0 Å². The zero-order valence-corrected chi connectivity index (χ0v) is 17.0. The summed E-state index contributed by atoms with van der Waals surface area (Å²) < 4.78 is 0. The third kappa shape index (κ3) is 4.46. The molecule has 6 heteroatoms. The van der Waals surface area contributed by atoms with E-state index < -0.39 is 0 Å². The van der Waals surface area contributed by atoms with Gasteiger partial charge in [0.1, 0.15) is 0 Å². The van der Waals surface area contributed by atoms with Gasteiger partial charge in [-0.1, -0.05) is 35.9 Å². The van der Waals surface area contributed by atoms with Crippen LogP contribution in [0.15, 0.2) is 54.7 Å². The van der Waals surface area contributed by atoms with Gasteiger partial charge < -0.3 is 14.8 Å². The predicted molar refractivity (Wildman–Crippen MR) is 115 cm³/mol. The smallest absolute Gasteiger partial charge is 0.254 e. The molecular formula is C23H24ClN3O2. The Hall–Kier alpha value is -2.79. The lowest BCUT2D eigenvalue weighted by Crippen LogP contribution is -2.50. The first-order chi connectivity index (χ1) is 14.1. The van der Waals surface area contributed by atoms with E-state index in [0.29, 0.717) is 43.2 Å². The molecule has 0 radical (unpaired) electrons. The lowest BCUT2D eigenvalue weighted by molar-refractivity contribution is -0.132. The molecule has 2 amide bonds. The van der Waals surface area contributed by atoms with Crippen LogP contribution in [0.5, 0.6) is 0 Å². The minimum absolute atomic E-state index is 0.0288. The summed E-state index contributed by atoms with van der Waals surface area (Å²) in [5.41, 5.74) is 2.98. The average Bonchev–Trinajstić information content (AvgIpc) is 3.16. The number of aromatic nitrogens is 1. The molecule has 2 aromatic carbocycles. The number of rotatable bonds is 5. The predicted octanol–water partition coefficient (Wildman–Crippen LogP) is 4.13. The molecule has 1 fully saturated rings. The van der Waals surface area contributed by atoms with Crippen molar-refractivity contribution in [1.29, 1.82) is 0 Å². The summed E-state index contributed by atoms with van der Waals surface area (Å²) >= 11 is 5.98. The Bertz CT molecular complexity index is 1020. The Morgan fingerprint density at radius 3 is 2.52 bits per heavy atom. The minimum atomic E-state index is -0.0288. The molecular weight excluding hydrogens is 386 g/mol. The minimum Gasteiger partial charge on any atom is -0.361 e. The van der Waals surface area contributed by atoms with Gasteiger partial charge in [-0.3, -0.25) is 9.59 Å². The van der Waals surface area contributed by atoms with Gasteiger partial charge in [0, 0.05) is 60.3 Å². The molecule has 29 heavy (non-hydrogen) atoms. The SMILES string of the molecule is O=C(CCCc1c[nH]c2ccccc12)N1CCN(C(=O)c2cccc(Cl)c2)CC1. The maximum Gasteiger partial charge on any atom is 0.254 e. The number of carbonyl (C=O) groups is 2. The molecule has 5 nitrogen and oxygen atoms in total. The van der Waals surface area contributed by atoms with Gasteiger partial charge in [-0.15, -0.1) is 0 Å². The van der Waals surface area contributed by atoms with Crippen LogP contribution in [0.3, 0.4) is 0 Å². The number of H-pyrrole nitrogens is 1. The number of amides is 2. The summed E-state index contributed by atoms with van der Waals surface area (Å²) in [4.78, 5) is 32.1. The Morgan fingerprint density at radius 2 is 1.72 bits per heavy atom. The van der Waals surface area contributed by atoms with Gasteiger partial charge in [0.2, 0.25) is 5.91 Å². The first-order valence-corrected chi connectivity index (χ1v) is 10.4. The Labute approximate surface area is 175 Å². The van der Waals surface area contributed by atoms with Crippen LogP contribution in [0.25, 0.3) is 10.9 Å². The van der Waals surface area contributed by atoms with E-state index in [1.54, 1.807) is 29.2 Å². The Kier molecular flexibility index (Phi) is 5.86. The number of aryl methyl sites for hydroxylation is 1. The van der Waals surface area contributed by atoms with Crippen molar-refractivity contribution in [1.82, 2.24) is 14.8 Å². The lowest BCUT2D eigenvalue weighted by atomic mass is 10.1. The maximum absolute atomic E-state index is 12.6. The van der Waals surface area contributed by atoms with Gasteiger partial charge in [-0.05, 0) is 42.7 Å². The topological polar surface area (TPSA) is 56.4 Å². The standard InChI is InChI=1S/C23H24ClN3O2/c24-19-7-3-5-17(15-19)23(29)27-13-11-26(12-14-27)22(28)10-4-6-18-16-25-21-9-2-1-8-20(18)21/h1-3,5,7-9,15-16,25H,4,6,10-14H2. The molecule has 3 aromatic rings. The highest BCUT2D eigenvalue weighted by Crippen LogP contribution is 2.20. The quantitative estimate of drug-likeness (QED) is 0.688. The molecule has 0 bridgehead atoms. The number of fused-ring (bicyclic) bond motifs is 1. The monoisotopic (exact) mass is 409 g/mol. The normalized spacial score (nSPS) is 14.4. The van der Waals surface area contributed by atoms with Crippen LogP contribution in [-0.2, 0) is 11.2 Å². The number of benzene rings is 2. The summed E-state index contributed by atoms with van der Waals surface area (Å²) in [7, 11) is 0. The van der Waals surface area contributed by atoms with Gasteiger partial charge in [-0.25, -0.2) is 0 Å². The highest BCUT2D eigenvalue weighted by atomic mass is 35.5. The summed E-state index contributed by atoms with van der Waals surface area (Å²) in [6.07, 6.45) is 4.27. The zero-order valence-electron chi connectivity index (χ0n) is 16.2. The molecule has 150 valence electrons. The fraction of sp³-hybridized carbons (Fsp3) is 0.304. The highest BCUT2D eigenvalue weighted by Gasteiger charge is 2.24. The van der Waals surface area contributed by atoms with E-state index >= 15 is 0 Å². The number of aromatic amines is 1. The molecule has 0 unspecified atom stereocenters. The molecule has 0 aliphatic carbocycles. The van der Waals surface area contributed by atoms with Crippen LogP contribution in [0.4, 0.5) is 0 Å². The molecule has 1 N–H and O–H groups in total. The van der Waals surface area contributed by atoms with Crippen molar-refractivity contribution in [3.05, 3.63) is 70.9 Å². The number of hydrogen-bond acceptors (Lipinski definition) is 2. The van der Waals surface area contributed by atoms with Crippen molar-refractivity contribution < 1.29 is 9.59 Å². The Morgan fingerprint density at radius 1 is 0.966 bits per heavy atom. The second-order valence-electron chi connectivity index (χ2n) is 7.40. The molecule has 0 saturated carbocycles. The molecule has 4 rings (SSSR count). The van der Waals surface area contributed by atoms with Crippen LogP contribution in [-0.4, -0.2) is 52.8 Å². The second kappa shape index (κ2) is 8.70.